The van der Waals surface area contributed by atoms with E-state index in [0.717, 1.165) is 27.0 Å². The lowest BCUT2D eigenvalue weighted by Gasteiger charge is -2.08. The second kappa shape index (κ2) is 9.48. The van der Waals surface area contributed by atoms with Gasteiger partial charge in [0.05, 0.1) is 11.1 Å². The SMILES string of the molecule is C[C@H](N=C(N)SCCSc1cc(Cl)ccc1Cl)c1ccccc1. The van der Waals surface area contributed by atoms with E-state index >= 15 is 0 Å². The van der Waals surface area contributed by atoms with Crippen LogP contribution in [-0.2, 0) is 0 Å². The number of nitrogens with zero attached hydrogens (tertiary/aromatic N) is 1. The highest BCUT2D eigenvalue weighted by Crippen LogP contribution is 2.30. The van der Waals surface area contributed by atoms with Gasteiger partial charge < -0.3 is 5.73 Å². The largest absolute Gasteiger partial charge is 0.379 e. The predicted molar refractivity (Wildman–Crippen MR) is 106 cm³/mol. The Kier molecular flexibility index (Phi) is 7.63. The molecule has 0 saturated heterocycles. The summed E-state index contributed by atoms with van der Waals surface area (Å²) in [5.41, 5.74) is 7.17. The van der Waals surface area contributed by atoms with Gasteiger partial charge in [0.1, 0.15) is 0 Å². The topological polar surface area (TPSA) is 38.4 Å². The highest BCUT2D eigenvalue weighted by Gasteiger charge is 2.05. The Morgan fingerprint density at radius 3 is 2.61 bits per heavy atom. The van der Waals surface area contributed by atoms with Crippen LogP contribution in [-0.4, -0.2) is 16.7 Å². The Labute approximate surface area is 155 Å². The molecule has 2 aromatic carbocycles. The van der Waals surface area contributed by atoms with Crippen molar-refractivity contribution in [3.63, 3.8) is 0 Å². The van der Waals surface area contributed by atoms with Crippen LogP contribution in [0.4, 0.5) is 0 Å². The lowest BCUT2D eigenvalue weighted by molar-refractivity contribution is 0.822. The van der Waals surface area contributed by atoms with Crippen LogP contribution >= 0.6 is 46.7 Å². The fourth-order valence-electron chi connectivity index (χ4n) is 1.92. The number of aliphatic imine (C=N–C) groups is 1. The third-order valence-corrected chi connectivity index (χ3v) is 5.89. The molecule has 2 nitrogen and oxygen atoms in total. The summed E-state index contributed by atoms with van der Waals surface area (Å²) in [5.74, 6) is 1.75. The normalized spacial score (nSPS) is 13.1. The van der Waals surface area contributed by atoms with Gasteiger partial charge in [0.25, 0.3) is 0 Å². The fraction of sp³-hybridized carbons (Fsp3) is 0.235. The van der Waals surface area contributed by atoms with Crippen LogP contribution in [0.1, 0.15) is 18.5 Å². The van der Waals surface area contributed by atoms with Gasteiger partial charge in [-0.2, -0.15) is 0 Å². The molecule has 6 heteroatoms. The smallest absolute Gasteiger partial charge is 0.154 e. The van der Waals surface area contributed by atoms with Gasteiger partial charge in [-0.05, 0) is 30.7 Å². The third kappa shape index (κ3) is 6.30. The van der Waals surface area contributed by atoms with Crippen molar-refractivity contribution in [3.8, 4) is 0 Å². The molecular weight excluding hydrogens is 367 g/mol. The molecular formula is C17H18Cl2N2S2. The molecule has 2 N–H and O–H groups in total. The summed E-state index contributed by atoms with van der Waals surface area (Å²) >= 11 is 15.3. The number of halogens is 2. The molecule has 122 valence electrons. The highest BCUT2D eigenvalue weighted by molar-refractivity contribution is 8.14. The average Bonchev–Trinajstić information content (AvgIpc) is 2.55. The zero-order chi connectivity index (χ0) is 16.7. The first-order valence-corrected chi connectivity index (χ1v) is 9.88. The minimum Gasteiger partial charge on any atom is -0.379 e. The zero-order valence-corrected chi connectivity index (χ0v) is 15.9. The van der Waals surface area contributed by atoms with Crippen LogP contribution in [0.25, 0.3) is 0 Å². The number of thioether (sulfide) groups is 2. The van der Waals surface area contributed by atoms with E-state index in [1.54, 1.807) is 29.6 Å². The van der Waals surface area contributed by atoms with E-state index < -0.39 is 0 Å². The van der Waals surface area contributed by atoms with Gasteiger partial charge in [0.15, 0.2) is 5.17 Å². The molecule has 0 unspecified atom stereocenters. The van der Waals surface area contributed by atoms with Gasteiger partial charge in [-0.25, -0.2) is 0 Å². The molecule has 0 aromatic heterocycles. The molecule has 0 aliphatic heterocycles. The molecule has 0 fully saturated rings. The molecule has 0 aliphatic rings. The van der Waals surface area contributed by atoms with Gasteiger partial charge >= 0.3 is 0 Å². The predicted octanol–water partition coefficient (Wildman–Crippen LogP) is 5.89. The standard InChI is InChI=1S/C17H18Cl2N2S2/c1-12(13-5-3-2-4-6-13)21-17(20)23-10-9-22-16-11-14(18)7-8-15(16)19/h2-8,11-12H,9-10H2,1H3,(H2,20,21)/t12-/m0/s1. The van der Waals surface area contributed by atoms with Crippen LogP contribution in [0.3, 0.4) is 0 Å². The lowest BCUT2D eigenvalue weighted by atomic mass is 10.1. The van der Waals surface area contributed by atoms with E-state index in [1.807, 2.05) is 37.3 Å². The summed E-state index contributed by atoms with van der Waals surface area (Å²) in [4.78, 5) is 5.52. The van der Waals surface area contributed by atoms with Gasteiger partial charge in [0, 0.05) is 21.4 Å². The van der Waals surface area contributed by atoms with Crippen molar-refractivity contribution < 1.29 is 0 Å². The Morgan fingerprint density at radius 2 is 1.87 bits per heavy atom. The van der Waals surface area contributed by atoms with E-state index in [2.05, 4.69) is 17.1 Å². The van der Waals surface area contributed by atoms with Crippen LogP contribution in [0.2, 0.25) is 10.0 Å². The number of hydrogen-bond donors (Lipinski definition) is 1. The first-order valence-electron chi connectivity index (χ1n) is 7.15. The number of amidine groups is 1. The van der Waals surface area contributed by atoms with Gasteiger partial charge in [-0.1, -0.05) is 65.3 Å². The van der Waals surface area contributed by atoms with E-state index in [1.165, 1.54) is 0 Å². The summed E-state index contributed by atoms with van der Waals surface area (Å²) in [6, 6.07) is 15.7. The Balaban J connectivity index is 1.79. The first kappa shape index (κ1) is 18.5. The number of nitrogens with two attached hydrogens (primary N) is 1. The van der Waals surface area contributed by atoms with Crippen molar-refractivity contribution in [1.29, 1.82) is 0 Å². The molecule has 23 heavy (non-hydrogen) atoms. The molecule has 0 aliphatic carbocycles. The summed E-state index contributed by atoms with van der Waals surface area (Å²) in [6.45, 7) is 2.04. The molecule has 0 saturated carbocycles. The molecule has 1 atom stereocenters. The van der Waals surface area contributed by atoms with Crippen LogP contribution in [0.5, 0.6) is 0 Å². The van der Waals surface area contributed by atoms with E-state index in [0.29, 0.717) is 10.2 Å². The summed E-state index contributed by atoms with van der Waals surface area (Å²) in [6.07, 6.45) is 0. The van der Waals surface area contributed by atoms with Crippen molar-refractivity contribution in [3.05, 3.63) is 64.1 Å². The van der Waals surface area contributed by atoms with Gasteiger partial charge in [0.2, 0.25) is 0 Å². The fourth-order valence-corrected chi connectivity index (χ4v) is 4.18. The highest BCUT2D eigenvalue weighted by atomic mass is 35.5. The number of hydrogen-bond acceptors (Lipinski definition) is 3. The molecule has 0 bridgehead atoms. The Morgan fingerprint density at radius 1 is 1.13 bits per heavy atom. The quantitative estimate of drug-likeness (QED) is 0.291. The Bertz CT molecular complexity index is 663. The van der Waals surface area contributed by atoms with E-state index in [-0.39, 0.29) is 6.04 Å². The van der Waals surface area contributed by atoms with E-state index in [4.69, 9.17) is 28.9 Å². The van der Waals surface area contributed by atoms with Gasteiger partial charge in [-0.3, -0.25) is 4.99 Å². The third-order valence-electron chi connectivity index (χ3n) is 3.09. The molecule has 0 heterocycles. The second-order valence-corrected chi connectivity index (χ2v) is 7.92. The van der Waals surface area contributed by atoms with Crippen LogP contribution in [0, 0.1) is 0 Å². The van der Waals surface area contributed by atoms with Gasteiger partial charge in [-0.15, -0.1) is 11.8 Å². The van der Waals surface area contributed by atoms with E-state index in [9.17, 15) is 0 Å². The van der Waals surface area contributed by atoms with Crippen molar-refractivity contribution in [2.45, 2.75) is 17.9 Å². The summed E-state index contributed by atoms with van der Waals surface area (Å²) < 4.78 is 0. The maximum Gasteiger partial charge on any atom is 0.154 e. The number of benzene rings is 2. The maximum atomic E-state index is 6.14. The monoisotopic (exact) mass is 384 g/mol. The zero-order valence-electron chi connectivity index (χ0n) is 12.7. The van der Waals surface area contributed by atoms with Crippen LogP contribution in [0.15, 0.2) is 58.4 Å². The lowest BCUT2D eigenvalue weighted by Crippen LogP contribution is -2.10. The minimum absolute atomic E-state index is 0.0683. The maximum absolute atomic E-state index is 6.14. The molecule has 2 aromatic rings. The second-order valence-electron chi connectivity index (χ2n) is 4.83. The number of rotatable bonds is 6. The average molecular weight is 385 g/mol. The molecule has 2 rings (SSSR count). The molecule has 0 spiro atoms. The first-order chi connectivity index (χ1) is 11.1. The van der Waals surface area contributed by atoms with Crippen molar-refractivity contribution >= 4 is 51.9 Å². The van der Waals surface area contributed by atoms with Crippen molar-refractivity contribution in [2.24, 2.45) is 10.7 Å². The van der Waals surface area contributed by atoms with Crippen LogP contribution < -0.4 is 5.73 Å². The molecule has 0 radical (unpaired) electrons. The van der Waals surface area contributed by atoms with Crippen molar-refractivity contribution in [1.82, 2.24) is 0 Å². The summed E-state index contributed by atoms with van der Waals surface area (Å²) in [5, 5.41) is 2.03. The summed E-state index contributed by atoms with van der Waals surface area (Å²) in [7, 11) is 0. The van der Waals surface area contributed by atoms with Crippen molar-refractivity contribution in [2.75, 3.05) is 11.5 Å². The minimum atomic E-state index is 0.0683. The molecule has 0 amide bonds. The Hall–Kier alpha value is -0.810.